The summed E-state index contributed by atoms with van der Waals surface area (Å²) in [5.41, 5.74) is 1.04. The van der Waals surface area contributed by atoms with Crippen molar-refractivity contribution in [2.45, 2.75) is 5.03 Å². The molecule has 4 rings (SSSR count). The summed E-state index contributed by atoms with van der Waals surface area (Å²) in [6.07, 6.45) is 2.82. The Morgan fingerprint density at radius 1 is 1.12 bits per heavy atom. The Balaban J connectivity index is 1.29. The fourth-order valence-corrected chi connectivity index (χ4v) is 4.69. The molecule has 1 aromatic heterocycles. The Labute approximate surface area is 191 Å². The van der Waals surface area contributed by atoms with Crippen LogP contribution in [0.4, 0.5) is 9.18 Å². The summed E-state index contributed by atoms with van der Waals surface area (Å²) in [7, 11) is 0. The molecule has 0 radical (unpaired) electrons. The highest BCUT2D eigenvalue weighted by Gasteiger charge is 2.34. The summed E-state index contributed by atoms with van der Waals surface area (Å²) >= 11 is 2.04. The van der Waals surface area contributed by atoms with Crippen LogP contribution in [-0.4, -0.2) is 50.8 Å². The van der Waals surface area contributed by atoms with Gasteiger partial charge in [0.2, 0.25) is 5.91 Å². The zero-order valence-corrected chi connectivity index (χ0v) is 18.3. The zero-order valence-electron chi connectivity index (χ0n) is 16.7. The van der Waals surface area contributed by atoms with Gasteiger partial charge in [-0.05, 0) is 30.0 Å². The largest absolute Gasteiger partial charge is 0.354 e. The van der Waals surface area contributed by atoms with Gasteiger partial charge in [-0.1, -0.05) is 48.2 Å². The van der Waals surface area contributed by atoms with Gasteiger partial charge in [-0.25, -0.2) is 14.4 Å². The number of para-hydroxylation sites is 1. The smallest absolute Gasteiger partial charge is 0.293 e. The van der Waals surface area contributed by atoms with Crippen LogP contribution in [0, 0.1) is 5.82 Å². The highest BCUT2D eigenvalue weighted by molar-refractivity contribution is 8.18. The van der Waals surface area contributed by atoms with Crippen molar-refractivity contribution in [2.75, 3.05) is 18.8 Å². The first-order valence-corrected chi connectivity index (χ1v) is 11.4. The average Bonchev–Trinajstić information content (AvgIpc) is 3.06. The molecule has 32 heavy (non-hydrogen) atoms. The topological polar surface area (TPSA) is 92.3 Å². The molecule has 10 heteroatoms. The number of fused-ring (bicyclic) bond motifs is 1. The van der Waals surface area contributed by atoms with E-state index in [1.807, 2.05) is 24.3 Å². The standard InChI is InChI=1S/C22H17FN4O3S2/c23-16-7-3-1-5-14(16)11-18-21(29)27(22(30)32-18)10-9-24-19(28)12-31-20-15-6-2-4-8-17(15)25-13-26-20/h1-8,11,13H,9-10,12H2,(H,24,28). The fourth-order valence-electron chi connectivity index (χ4n) is 3.01. The number of thioether (sulfide) groups is 2. The minimum Gasteiger partial charge on any atom is -0.354 e. The highest BCUT2D eigenvalue weighted by Crippen LogP contribution is 2.32. The van der Waals surface area contributed by atoms with E-state index in [2.05, 4.69) is 15.3 Å². The molecule has 7 nitrogen and oxygen atoms in total. The van der Waals surface area contributed by atoms with Crippen molar-refractivity contribution >= 4 is 57.6 Å². The maximum absolute atomic E-state index is 13.8. The number of hydrogen-bond donors (Lipinski definition) is 1. The van der Waals surface area contributed by atoms with Crippen molar-refractivity contribution in [3.63, 3.8) is 0 Å². The van der Waals surface area contributed by atoms with Crippen LogP contribution in [0.5, 0.6) is 0 Å². The molecule has 2 aromatic carbocycles. The van der Waals surface area contributed by atoms with Crippen molar-refractivity contribution in [2.24, 2.45) is 0 Å². The van der Waals surface area contributed by atoms with Gasteiger partial charge in [0, 0.05) is 24.0 Å². The number of hydrogen-bond acceptors (Lipinski definition) is 7. The predicted octanol–water partition coefficient (Wildman–Crippen LogP) is 3.71. The van der Waals surface area contributed by atoms with Gasteiger partial charge in [0.25, 0.3) is 11.1 Å². The average molecular weight is 469 g/mol. The second-order valence-corrected chi connectivity index (χ2v) is 8.65. The summed E-state index contributed by atoms with van der Waals surface area (Å²) in [6.45, 7) is 0.154. The van der Waals surface area contributed by atoms with Gasteiger partial charge in [0.05, 0.1) is 16.2 Å². The summed E-state index contributed by atoms with van der Waals surface area (Å²) < 4.78 is 13.8. The second-order valence-electron chi connectivity index (χ2n) is 6.69. The number of carbonyl (C=O) groups excluding carboxylic acids is 3. The number of nitrogens with zero attached hydrogens (tertiary/aromatic N) is 3. The lowest BCUT2D eigenvalue weighted by Gasteiger charge is -2.13. The zero-order chi connectivity index (χ0) is 22.5. The molecule has 1 fully saturated rings. The molecule has 2 heterocycles. The van der Waals surface area contributed by atoms with Gasteiger partial charge in [0.15, 0.2) is 0 Å². The SMILES string of the molecule is O=C(CSc1ncnc2ccccc12)NCCN1C(=O)SC(=Cc2ccccc2F)C1=O. The van der Waals surface area contributed by atoms with E-state index >= 15 is 0 Å². The van der Waals surface area contributed by atoms with E-state index in [-0.39, 0.29) is 35.2 Å². The van der Waals surface area contributed by atoms with Crippen LogP contribution >= 0.6 is 23.5 Å². The Morgan fingerprint density at radius 2 is 1.91 bits per heavy atom. The van der Waals surface area contributed by atoms with E-state index in [1.165, 1.54) is 36.3 Å². The van der Waals surface area contributed by atoms with Crippen molar-refractivity contribution in [1.29, 1.82) is 0 Å². The number of rotatable bonds is 7. The summed E-state index contributed by atoms with van der Waals surface area (Å²) in [6, 6.07) is 13.5. The monoisotopic (exact) mass is 468 g/mol. The molecular weight excluding hydrogens is 451 g/mol. The molecule has 1 aliphatic heterocycles. The number of benzene rings is 2. The van der Waals surface area contributed by atoms with Crippen molar-refractivity contribution in [3.05, 3.63) is 71.1 Å². The first kappa shape index (κ1) is 22.0. The lowest BCUT2D eigenvalue weighted by atomic mass is 10.2. The van der Waals surface area contributed by atoms with Crippen LogP contribution in [0.25, 0.3) is 17.0 Å². The van der Waals surface area contributed by atoms with Gasteiger partial charge in [-0.15, -0.1) is 0 Å². The van der Waals surface area contributed by atoms with Crippen molar-refractivity contribution in [3.8, 4) is 0 Å². The Morgan fingerprint density at radius 3 is 2.75 bits per heavy atom. The minimum absolute atomic E-state index is 0.0339. The number of nitrogens with one attached hydrogen (secondary N) is 1. The quantitative estimate of drug-likeness (QED) is 0.321. The lowest BCUT2D eigenvalue weighted by molar-refractivity contribution is -0.123. The Bertz CT molecular complexity index is 1230. The van der Waals surface area contributed by atoms with Gasteiger partial charge in [-0.3, -0.25) is 19.3 Å². The van der Waals surface area contributed by atoms with Crippen LogP contribution in [0.3, 0.4) is 0 Å². The third-order valence-electron chi connectivity index (χ3n) is 4.57. The number of aromatic nitrogens is 2. The molecule has 0 bridgehead atoms. The molecule has 1 N–H and O–H groups in total. The predicted molar refractivity (Wildman–Crippen MR) is 122 cm³/mol. The van der Waals surface area contributed by atoms with Gasteiger partial charge in [-0.2, -0.15) is 0 Å². The van der Waals surface area contributed by atoms with Crippen LogP contribution in [0.15, 0.2) is 64.8 Å². The fraction of sp³-hybridized carbons (Fsp3) is 0.136. The van der Waals surface area contributed by atoms with E-state index in [1.54, 1.807) is 12.1 Å². The molecule has 0 saturated carbocycles. The van der Waals surface area contributed by atoms with E-state index < -0.39 is 17.0 Å². The molecular formula is C22H17FN4O3S2. The van der Waals surface area contributed by atoms with Gasteiger partial charge in [0.1, 0.15) is 17.2 Å². The first-order valence-electron chi connectivity index (χ1n) is 9.62. The molecule has 1 saturated heterocycles. The highest BCUT2D eigenvalue weighted by atomic mass is 32.2. The third-order valence-corrected chi connectivity index (χ3v) is 6.48. The lowest BCUT2D eigenvalue weighted by Crippen LogP contribution is -2.37. The van der Waals surface area contributed by atoms with Crippen LogP contribution in [-0.2, 0) is 9.59 Å². The van der Waals surface area contributed by atoms with Crippen LogP contribution in [0.1, 0.15) is 5.56 Å². The van der Waals surface area contributed by atoms with E-state index in [0.29, 0.717) is 5.03 Å². The summed E-state index contributed by atoms with van der Waals surface area (Å²) in [5, 5.41) is 3.83. The Hall–Kier alpha value is -3.24. The van der Waals surface area contributed by atoms with Crippen LogP contribution < -0.4 is 5.32 Å². The Kier molecular flexibility index (Phi) is 6.81. The van der Waals surface area contributed by atoms with Gasteiger partial charge < -0.3 is 5.32 Å². The molecule has 0 unspecified atom stereocenters. The van der Waals surface area contributed by atoms with Crippen molar-refractivity contribution < 1.29 is 18.8 Å². The summed E-state index contributed by atoms with van der Waals surface area (Å²) in [4.78, 5) is 46.5. The van der Waals surface area contributed by atoms with E-state index in [4.69, 9.17) is 0 Å². The van der Waals surface area contributed by atoms with Crippen LogP contribution in [0.2, 0.25) is 0 Å². The first-order chi connectivity index (χ1) is 15.5. The molecule has 3 amide bonds. The molecule has 3 aromatic rings. The van der Waals surface area contributed by atoms with Crippen molar-refractivity contribution in [1.82, 2.24) is 20.2 Å². The third kappa shape index (κ3) is 4.97. The van der Waals surface area contributed by atoms with E-state index in [0.717, 1.165) is 27.6 Å². The summed E-state index contributed by atoms with van der Waals surface area (Å²) in [5.74, 6) is -1.08. The second kappa shape index (κ2) is 9.92. The molecule has 0 spiro atoms. The molecule has 0 aliphatic carbocycles. The number of carbonyl (C=O) groups is 3. The molecule has 162 valence electrons. The number of amides is 3. The maximum Gasteiger partial charge on any atom is 0.293 e. The number of imide groups is 1. The normalized spacial score (nSPS) is 15.0. The number of halogens is 1. The molecule has 0 atom stereocenters. The van der Waals surface area contributed by atoms with E-state index in [9.17, 15) is 18.8 Å². The maximum atomic E-state index is 13.8. The van der Waals surface area contributed by atoms with Gasteiger partial charge >= 0.3 is 0 Å². The minimum atomic E-state index is -0.501. The molecule has 1 aliphatic rings.